The molecule has 6 nitrogen and oxygen atoms in total. The zero-order chi connectivity index (χ0) is 13.4. The first-order chi connectivity index (χ1) is 7.86. The fraction of sp³-hybridized carbons (Fsp3) is 0.818. The zero-order valence-corrected chi connectivity index (χ0v) is 11.2. The van der Waals surface area contributed by atoms with E-state index >= 15 is 0 Å². The summed E-state index contributed by atoms with van der Waals surface area (Å²) < 4.78 is 0. The number of amidine groups is 1. The number of carbonyl (C=O) groups is 1. The molecule has 0 aromatic rings. The molecular weight excluding hydrogens is 220 g/mol. The third-order valence-corrected chi connectivity index (χ3v) is 2.22. The summed E-state index contributed by atoms with van der Waals surface area (Å²) in [6.07, 6.45) is -0.0311. The standard InChI is InChI=1S/C11H24N4O2/c1-9(2)8-15(6-5-14(3)4)11(16)7-10(12)13-17/h9,17H,5-8H2,1-4H3,(H2,12,13). The van der Waals surface area contributed by atoms with Crippen LogP contribution in [0.15, 0.2) is 5.16 Å². The fourth-order valence-corrected chi connectivity index (χ4v) is 1.38. The molecule has 3 N–H and O–H groups in total. The van der Waals surface area contributed by atoms with Crippen LogP contribution in [0.5, 0.6) is 0 Å². The van der Waals surface area contributed by atoms with Gasteiger partial charge in [0.1, 0.15) is 5.84 Å². The van der Waals surface area contributed by atoms with Crippen LogP contribution in [0.4, 0.5) is 0 Å². The van der Waals surface area contributed by atoms with E-state index in [0.717, 1.165) is 6.54 Å². The van der Waals surface area contributed by atoms with Gasteiger partial charge in [-0.1, -0.05) is 19.0 Å². The van der Waals surface area contributed by atoms with Gasteiger partial charge in [-0.2, -0.15) is 0 Å². The van der Waals surface area contributed by atoms with Crippen molar-refractivity contribution < 1.29 is 10.0 Å². The number of hydrogen-bond acceptors (Lipinski definition) is 4. The van der Waals surface area contributed by atoms with E-state index in [0.29, 0.717) is 19.0 Å². The molecule has 1 amide bonds. The molecule has 0 aromatic heterocycles. The minimum Gasteiger partial charge on any atom is -0.409 e. The lowest BCUT2D eigenvalue weighted by atomic mass is 10.2. The van der Waals surface area contributed by atoms with Gasteiger partial charge in [0.2, 0.25) is 5.91 Å². The normalized spacial score (nSPS) is 12.2. The first-order valence-corrected chi connectivity index (χ1v) is 5.75. The van der Waals surface area contributed by atoms with E-state index in [1.807, 2.05) is 19.0 Å². The van der Waals surface area contributed by atoms with Crippen LogP contribution in [0.1, 0.15) is 20.3 Å². The van der Waals surface area contributed by atoms with E-state index < -0.39 is 0 Å². The van der Waals surface area contributed by atoms with E-state index in [9.17, 15) is 4.79 Å². The van der Waals surface area contributed by atoms with E-state index in [4.69, 9.17) is 10.9 Å². The number of rotatable bonds is 7. The van der Waals surface area contributed by atoms with Crippen molar-refractivity contribution in [1.82, 2.24) is 9.80 Å². The molecule has 6 heteroatoms. The predicted octanol–water partition coefficient (Wildman–Crippen LogP) is 0.169. The molecule has 0 spiro atoms. The SMILES string of the molecule is CC(C)CN(CCN(C)C)C(=O)CC(N)=NO. The molecule has 0 aliphatic carbocycles. The quantitative estimate of drug-likeness (QED) is 0.289. The second kappa shape index (κ2) is 7.89. The van der Waals surface area contributed by atoms with Crippen LogP contribution in [-0.2, 0) is 4.79 Å². The average Bonchev–Trinajstić information content (AvgIpc) is 2.22. The number of hydrogen-bond donors (Lipinski definition) is 2. The Kier molecular flexibility index (Phi) is 7.29. The molecule has 0 fully saturated rings. The van der Waals surface area contributed by atoms with Crippen LogP contribution < -0.4 is 5.73 Å². The molecular formula is C11H24N4O2. The highest BCUT2D eigenvalue weighted by molar-refractivity contribution is 5.98. The molecule has 0 heterocycles. The number of carbonyl (C=O) groups excluding carboxylic acids is 1. The minimum atomic E-state index is -0.101. The van der Waals surface area contributed by atoms with Gasteiger partial charge in [-0.15, -0.1) is 0 Å². The van der Waals surface area contributed by atoms with Gasteiger partial charge in [0.25, 0.3) is 0 Å². The molecule has 0 aliphatic rings. The molecule has 0 radical (unpaired) electrons. The van der Waals surface area contributed by atoms with Gasteiger partial charge in [-0.05, 0) is 20.0 Å². The molecule has 0 rings (SSSR count). The lowest BCUT2D eigenvalue weighted by molar-refractivity contribution is -0.130. The molecule has 0 saturated carbocycles. The second-order valence-electron chi connectivity index (χ2n) is 4.80. The maximum Gasteiger partial charge on any atom is 0.230 e. The zero-order valence-electron chi connectivity index (χ0n) is 11.2. The van der Waals surface area contributed by atoms with Crippen molar-refractivity contribution >= 4 is 11.7 Å². The maximum atomic E-state index is 11.9. The Morgan fingerprint density at radius 2 is 1.94 bits per heavy atom. The Labute approximate surface area is 103 Å². The van der Waals surface area contributed by atoms with Crippen molar-refractivity contribution in [2.75, 3.05) is 33.7 Å². The highest BCUT2D eigenvalue weighted by Crippen LogP contribution is 2.02. The number of likely N-dealkylation sites (N-methyl/N-ethyl adjacent to an activating group) is 1. The third kappa shape index (κ3) is 7.57. The molecule has 0 saturated heterocycles. The molecule has 0 atom stereocenters. The smallest absolute Gasteiger partial charge is 0.230 e. The van der Waals surface area contributed by atoms with Crippen molar-refractivity contribution in [2.45, 2.75) is 20.3 Å². The van der Waals surface area contributed by atoms with Gasteiger partial charge in [0.15, 0.2) is 0 Å². The number of oxime groups is 1. The molecule has 0 aromatic carbocycles. The monoisotopic (exact) mass is 244 g/mol. The second-order valence-corrected chi connectivity index (χ2v) is 4.80. The van der Waals surface area contributed by atoms with Crippen LogP contribution in [0.25, 0.3) is 0 Å². The summed E-state index contributed by atoms with van der Waals surface area (Å²) in [6.45, 7) is 6.25. The summed E-state index contributed by atoms with van der Waals surface area (Å²) in [5.41, 5.74) is 5.34. The molecule has 0 bridgehead atoms. The van der Waals surface area contributed by atoms with E-state index in [-0.39, 0.29) is 18.2 Å². The largest absolute Gasteiger partial charge is 0.409 e. The number of amides is 1. The van der Waals surface area contributed by atoms with Gasteiger partial charge in [0, 0.05) is 19.6 Å². The summed E-state index contributed by atoms with van der Waals surface area (Å²) in [6, 6.07) is 0. The van der Waals surface area contributed by atoms with Crippen molar-refractivity contribution in [2.24, 2.45) is 16.8 Å². The summed E-state index contributed by atoms with van der Waals surface area (Å²) >= 11 is 0. The van der Waals surface area contributed by atoms with Crippen LogP contribution >= 0.6 is 0 Å². The van der Waals surface area contributed by atoms with Gasteiger partial charge in [-0.25, -0.2) is 0 Å². The van der Waals surface area contributed by atoms with E-state index in [2.05, 4.69) is 19.0 Å². The molecule has 0 unspecified atom stereocenters. The minimum absolute atomic E-state index is 0.0311. The Morgan fingerprint density at radius 3 is 2.35 bits per heavy atom. The third-order valence-electron chi connectivity index (χ3n) is 2.22. The van der Waals surface area contributed by atoms with Crippen molar-refractivity contribution in [1.29, 1.82) is 0 Å². The first-order valence-electron chi connectivity index (χ1n) is 5.75. The fourth-order valence-electron chi connectivity index (χ4n) is 1.38. The Bertz CT molecular complexity index is 264. The summed E-state index contributed by atoms with van der Waals surface area (Å²) in [5.74, 6) is 0.248. The Hall–Kier alpha value is -1.30. The first kappa shape index (κ1) is 15.7. The lowest BCUT2D eigenvalue weighted by Crippen LogP contribution is -2.40. The molecule has 0 aliphatic heterocycles. The van der Waals surface area contributed by atoms with Crippen molar-refractivity contribution in [3.8, 4) is 0 Å². The maximum absolute atomic E-state index is 11.9. The summed E-state index contributed by atoms with van der Waals surface area (Å²) in [5, 5.41) is 11.3. The van der Waals surface area contributed by atoms with Gasteiger partial charge in [-0.3, -0.25) is 4.79 Å². The van der Waals surface area contributed by atoms with Crippen LogP contribution in [0.3, 0.4) is 0 Å². The van der Waals surface area contributed by atoms with Gasteiger partial charge < -0.3 is 20.7 Å². The number of nitrogens with zero attached hydrogens (tertiary/aromatic N) is 3. The van der Waals surface area contributed by atoms with Crippen molar-refractivity contribution in [3.05, 3.63) is 0 Å². The highest BCUT2D eigenvalue weighted by atomic mass is 16.4. The average molecular weight is 244 g/mol. The highest BCUT2D eigenvalue weighted by Gasteiger charge is 2.16. The van der Waals surface area contributed by atoms with E-state index in [1.54, 1.807) is 4.90 Å². The summed E-state index contributed by atoms with van der Waals surface area (Å²) in [4.78, 5) is 15.7. The lowest BCUT2D eigenvalue weighted by Gasteiger charge is -2.26. The molecule has 100 valence electrons. The Balaban J connectivity index is 4.39. The van der Waals surface area contributed by atoms with E-state index in [1.165, 1.54) is 0 Å². The number of nitrogens with two attached hydrogens (primary N) is 1. The Morgan fingerprint density at radius 1 is 1.35 bits per heavy atom. The van der Waals surface area contributed by atoms with Crippen molar-refractivity contribution in [3.63, 3.8) is 0 Å². The topological polar surface area (TPSA) is 82.2 Å². The summed E-state index contributed by atoms with van der Waals surface area (Å²) in [7, 11) is 3.92. The van der Waals surface area contributed by atoms with Crippen LogP contribution in [-0.4, -0.2) is 60.5 Å². The van der Waals surface area contributed by atoms with Crippen LogP contribution in [0, 0.1) is 5.92 Å². The van der Waals surface area contributed by atoms with Gasteiger partial charge in [0.05, 0.1) is 6.42 Å². The van der Waals surface area contributed by atoms with Crippen LogP contribution in [0.2, 0.25) is 0 Å². The van der Waals surface area contributed by atoms with Gasteiger partial charge >= 0.3 is 0 Å². The molecule has 17 heavy (non-hydrogen) atoms. The predicted molar refractivity (Wildman–Crippen MR) is 68.0 cm³/mol.